The van der Waals surface area contributed by atoms with E-state index in [1.165, 1.54) is 0 Å². The molecule has 0 saturated heterocycles. The minimum absolute atomic E-state index is 0.292. The van der Waals surface area contributed by atoms with E-state index < -0.39 is 17.9 Å². The summed E-state index contributed by atoms with van der Waals surface area (Å²) in [4.78, 5) is 29.1. The van der Waals surface area contributed by atoms with Crippen LogP contribution in [0.4, 0.5) is 0 Å². The molecule has 0 bridgehead atoms. The third kappa shape index (κ3) is 3.38. The molecular weight excluding hydrogens is 370 g/mol. The van der Waals surface area contributed by atoms with Crippen molar-refractivity contribution in [2.24, 2.45) is 0 Å². The van der Waals surface area contributed by atoms with E-state index in [0.29, 0.717) is 38.9 Å². The molecule has 1 saturated carbocycles. The topological polar surface area (TPSA) is 105 Å². The van der Waals surface area contributed by atoms with Crippen LogP contribution < -0.4 is 5.32 Å². The van der Waals surface area contributed by atoms with Crippen LogP contribution >= 0.6 is 11.6 Å². The number of carboxylic acids is 1. The van der Waals surface area contributed by atoms with Crippen LogP contribution in [0.25, 0.3) is 11.1 Å². The predicted molar refractivity (Wildman–Crippen MR) is 97.8 cm³/mol. The van der Waals surface area contributed by atoms with Crippen LogP contribution in [-0.2, 0) is 4.79 Å². The largest absolute Gasteiger partial charge is 0.479 e. The Morgan fingerprint density at radius 1 is 1.30 bits per heavy atom. The summed E-state index contributed by atoms with van der Waals surface area (Å²) in [6.07, 6.45) is 2.02. The van der Waals surface area contributed by atoms with E-state index in [-0.39, 0.29) is 0 Å². The monoisotopic (exact) mass is 385 g/mol. The molecule has 27 heavy (non-hydrogen) atoms. The molecule has 3 aromatic rings. The summed E-state index contributed by atoms with van der Waals surface area (Å²) < 4.78 is 5.24. The Morgan fingerprint density at radius 2 is 2.00 bits per heavy atom. The van der Waals surface area contributed by atoms with Crippen LogP contribution in [0.15, 0.2) is 34.9 Å². The highest BCUT2D eigenvalue weighted by molar-refractivity contribution is 6.30. The maximum atomic E-state index is 13.0. The second kappa shape index (κ2) is 6.66. The number of carbonyl (C=O) groups excluding carboxylic acids is 1. The number of rotatable bonds is 5. The zero-order valence-electron chi connectivity index (χ0n) is 14.4. The predicted octanol–water partition coefficient (Wildman–Crippen LogP) is 3.62. The van der Waals surface area contributed by atoms with Crippen molar-refractivity contribution >= 4 is 34.6 Å². The molecule has 0 aliphatic heterocycles. The maximum Gasteiger partial charge on any atom is 0.330 e. The lowest BCUT2D eigenvalue weighted by Gasteiger charge is -2.16. The highest BCUT2D eigenvalue weighted by atomic mass is 35.5. The first kappa shape index (κ1) is 17.5. The van der Waals surface area contributed by atoms with Gasteiger partial charge in [-0.1, -0.05) is 28.9 Å². The normalized spacial score (nSPS) is 14.9. The van der Waals surface area contributed by atoms with Crippen molar-refractivity contribution in [1.82, 2.24) is 15.5 Å². The van der Waals surface area contributed by atoms with E-state index in [1.807, 2.05) is 0 Å². The Labute approximate surface area is 159 Å². The third-order valence-corrected chi connectivity index (χ3v) is 4.85. The highest BCUT2D eigenvalue weighted by Crippen LogP contribution is 2.40. The van der Waals surface area contributed by atoms with Crippen molar-refractivity contribution in [2.45, 2.75) is 31.7 Å². The standard InChI is InChI=1S/C19H16ClN3O4/c1-9-15-13(8-14(10-2-3-10)21-18(15)27-23-9)17(24)22-16(19(25)26)11-4-6-12(20)7-5-11/h4-8,10,16H,2-3H2,1H3,(H,22,24)(H,25,26). The average Bonchev–Trinajstić information content (AvgIpc) is 3.43. The number of hydrogen-bond acceptors (Lipinski definition) is 5. The van der Waals surface area contributed by atoms with E-state index in [0.717, 1.165) is 18.5 Å². The fourth-order valence-corrected chi connectivity index (χ4v) is 3.16. The van der Waals surface area contributed by atoms with Crippen LogP contribution in [0, 0.1) is 6.92 Å². The molecule has 1 unspecified atom stereocenters. The van der Waals surface area contributed by atoms with E-state index >= 15 is 0 Å². The molecule has 1 aliphatic rings. The number of carboxylic acid groups (broad SMARTS) is 1. The number of fused-ring (bicyclic) bond motifs is 1. The van der Waals surface area contributed by atoms with Crippen LogP contribution in [0.1, 0.15) is 52.1 Å². The Morgan fingerprint density at radius 3 is 2.63 bits per heavy atom. The number of halogens is 1. The molecule has 2 aromatic heterocycles. The molecule has 1 amide bonds. The van der Waals surface area contributed by atoms with Crippen molar-refractivity contribution < 1.29 is 19.2 Å². The molecule has 4 rings (SSSR count). The summed E-state index contributed by atoms with van der Waals surface area (Å²) in [5.74, 6) is -1.38. The highest BCUT2D eigenvalue weighted by Gasteiger charge is 2.30. The Kier molecular flexibility index (Phi) is 4.31. The first-order chi connectivity index (χ1) is 12.9. The first-order valence-corrected chi connectivity index (χ1v) is 8.88. The van der Waals surface area contributed by atoms with Gasteiger partial charge in [0.05, 0.1) is 16.6 Å². The summed E-state index contributed by atoms with van der Waals surface area (Å²) in [7, 11) is 0. The van der Waals surface area contributed by atoms with Gasteiger partial charge < -0.3 is 14.9 Å². The van der Waals surface area contributed by atoms with Gasteiger partial charge in [-0.3, -0.25) is 4.79 Å². The first-order valence-electron chi connectivity index (χ1n) is 8.50. The summed E-state index contributed by atoms with van der Waals surface area (Å²) in [6, 6.07) is 6.81. The Bertz CT molecular complexity index is 1040. The van der Waals surface area contributed by atoms with Gasteiger partial charge in [-0.25, -0.2) is 9.78 Å². The third-order valence-electron chi connectivity index (χ3n) is 4.60. The molecule has 1 fully saturated rings. The van der Waals surface area contributed by atoms with Gasteiger partial charge in [0.25, 0.3) is 11.6 Å². The average molecular weight is 386 g/mol. The lowest BCUT2D eigenvalue weighted by atomic mass is 10.0. The molecule has 138 valence electrons. The van der Waals surface area contributed by atoms with E-state index in [2.05, 4.69) is 15.5 Å². The maximum absolute atomic E-state index is 13.0. The molecule has 8 heteroatoms. The number of nitrogens with zero attached hydrogens (tertiary/aromatic N) is 2. The number of pyridine rings is 1. The number of carbonyl (C=O) groups is 2. The van der Waals surface area contributed by atoms with Crippen molar-refractivity contribution in [3.8, 4) is 0 Å². The van der Waals surface area contributed by atoms with Gasteiger partial charge in [0.15, 0.2) is 6.04 Å². The lowest BCUT2D eigenvalue weighted by molar-refractivity contribution is -0.139. The molecule has 1 aliphatic carbocycles. The fraction of sp³-hybridized carbons (Fsp3) is 0.263. The number of aliphatic carboxylic acids is 1. The molecule has 0 radical (unpaired) electrons. The van der Waals surface area contributed by atoms with Gasteiger partial charge >= 0.3 is 5.97 Å². The zero-order chi connectivity index (χ0) is 19.1. The van der Waals surface area contributed by atoms with Gasteiger partial charge in [0.2, 0.25) is 0 Å². The molecule has 2 heterocycles. The lowest BCUT2D eigenvalue weighted by Crippen LogP contribution is -2.34. The molecule has 0 spiro atoms. The van der Waals surface area contributed by atoms with Crippen molar-refractivity contribution in [3.63, 3.8) is 0 Å². The number of amides is 1. The molecule has 7 nitrogen and oxygen atoms in total. The quantitative estimate of drug-likeness (QED) is 0.694. The molecular formula is C19H16ClN3O4. The summed E-state index contributed by atoms with van der Waals surface area (Å²) in [5.41, 5.74) is 2.34. The van der Waals surface area contributed by atoms with Crippen LogP contribution in [0.2, 0.25) is 5.02 Å². The fourth-order valence-electron chi connectivity index (χ4n) is 3.03. The SMILES string of the molecule is Cc1noc2nc(C3CC3)cc(C(=O)NC(C(=O)O)c3ccc(Cl)cc3)c12. The van der Waals surface area contributed by atoms with Crippen LogP contribution in [-0.4, -0.2) is 27.1 Å². The van der Waals surface area contributed by atoms with Gasteiger partial charge in [0.1, 0.15) is 0 Å². The summed E-state index contributed by atoms with van der Waals surface area (Å²) in [6.45, 7) is 1.72. The number of aryl methyl sites for hydroxylation is 1. The van der Waals surface area contributed by atoms with Crippen molar-refractivity contribution in [2.75, 3.05) is 0 Å². The minimum Gasteiger partial charge on any atom is -0.479 e. The van der Waals surface area contributed by atoms with E-state index in [1.54, 1.807) is 37.3 Å². The van der Waals surface area contributed by atoms with Crippen LogP contribution in [0.3, 0.4) is 0 Å². The Hall–Kier alpha value is -2.93. The van der Waals surface area contributed by atoms with Crippen molar-refractivity contribution in [1.29, 1.82) is 0 Å². The smallest absolute Gasteiger partial charge is 0.330 e. The van der Waals surface area contributed by atoms with E-state index in [4.69, 9.17) is 16.1 Å². The summed E-state index contributed by atoms with van der Waals surface area (Å²) in [5, 5.41) is 17.0. The second-order valence-electron chi connectivity index (χ2n) is 6.61. The number of hydrogen-bond donors (Lipinski definition) is 2. The van der Waals surface area contributed by atoms with Gasteiger partial charge in [-0.15, -0.1) is 0 Å². The zero-order valence-corrected chi connectivity index (χ0v) is 15.2. The van der Waals surface area contributed by atoms with Crippen molar-refractivity contribution in [3.05, 3.63) is 57.9 Å². The molecule has 1 atom stereocenters. The summed E-state index contributed by atoms with van der Waals surface area (Å²) >= 11 is 5.86. The number of benzene rings is 1. The molecule has 2 N–H and O–H groups in total. The second-order valence-corrected chi connectivity index (χ2v) is 7.05. The van der Waals surface area contributed by atoms with Gasteiger partial charge in [-0.05, 0) is 43.5 Å². The van der Waals surface area contributed by atoms with E-state index in [9.17, 15) is 14.7 Å². The van der Waals surface area contributed by atoms with Gasteiger partial charge in [0, 0.05) is 16.6 Å². The number of nitrogens with one attached hydrogen (secondary N) is 1. The number of aromatic nitrogens is 2. The Balaban J connectivity index is 1.72. The van der Waals surface area contributed by atoms with Crippen LogP contribution in [0.5, 0.6) is 0 Å². The minimum atomic E-state index is -1.21. The molecule has 1 aromatic carbocycles. The van der Waals surface area contributed by atoms with Gasteiger partial charge in [-0.2, -0.15) is 0 Å².